The Morgan fingerprint density at radius 2 is 2.12 bits per heavy atom. The highest BCUT2D eigenvalue weighted by Gasteiger charge is 2.32. The number of aromatic nitrogens is 1. The van der Waals surface area contributed by atoms with Gasteiger partial charge in [-0.05, 0) is 25.5 Å². The van der Waals surface area contributed by atoms with Gasteiger partial charge in [0.15, 0.2) is 5.78 Å². The van der Waals surface area contributed by atoms with Crippen LogP contribution in [0, 0.1) is 0 Å². The number of aromatic amines is 1. The normalized spacial score (nSPS) is 22.1. The van der Waals surface area contributed by atoms with E-state index in [1.165, 1.54) is 0 Å². The lowest BCUT2D eigenvalue weighted by Crippen LogP contribution is -2.50. The maximum absolute atomic E-state index is 12.7. The van der Waals surface area contributed by atoms with Crippen LogP contribution < -0.4 is 5.32 Å². The summed E-state index contributed by atoms with van der Waals surface area (Å²) in [6.45, 7) is 3.60. The summed E-state index contributed by atoms with van der Waals surface area (Å²) in [6, 6.07) is 8.13. The van der Waals surface area contributed by atoms with E-state index in [4.69, 9.17) is 0 Å². The molecule has 1 aromatic carbocycles. The monoisotopic (exact) mass is 326 g/mol. The molecule has 1 atom stereocenters. The number of likely N-dealkylation sites (tertiary alicyclic amines) is 1. The Labute approximate surface area is 140 Å². The second-order valence-corrected chi connectivity index (χ2v) is 6.63. The van der Waals surface area contributed by atoms with E-state index < -0.39 is 0 Å². The molecule has 2 amide bonds. The number of piperidine rings is 1. The third-order valence-electron chi connectivity index (χ3n) is 5.07. The summed E-state index contributed by atoms with van der Waals surface area (Å²) in [5, 5.41) is 3.84. The number of benzene rings is 1. The predicted octanol–water partition coefficient (Wildman–Crippen LogP) is 1.84. The molecule has 2 saturated heterocycles. The molecule has 2 aliphatic rings. The van der Waals surface area contributed by atoms with Crippen molar-refractivity contribution < 1.29 is 9.59 Å². The second kappa shape index (κ2) is 6.28. The van der Waals surface area contributed by atoms with Crippen LogP contribution in [-0.4, -0.2) is 65.4 Å². The molecule has 6 heteroatoms. The Bertz CT molecular complexity index is 769. The molecule has 0 spiro atoms. The van der Waals surface area contributed by atoms with E-state index in [0.717, 1.165) is 55.5 Å². The molecule has 3 heterocycles. The minimum atomic E-state index is 0.0322. The molecule has 6 nitrogen and oxygen atoms in total. The number of Topliss-reactive ketones (excluding diaryl/α,β-unsaturated/α-hetero) is 1. The molecule has 0 radical (unpaired) electrons. The maximum Gasteiger partial charge on any atom is 0.317 e. The average Bonchev–Trinajstić information content (AvgIpc) is 3.21. The fourth-order valence-corrected chi connectivity index (χ4v) is 3.85. The smallest absolute Gasteiger partial charge is 0.317 e. The number of amides is 2. The van der Waals surface area contributed by atoms with Crippen LogP contribution in [0.1, 0.15) is 23.2 Å². The molecule has 2 aromatic rings. The van der Waals surface area contributed by atoms with E-state index in [9.17, 15) is 9.59 Å². The van der Waals surface area contributed by atoms with Gasteiger partial charge in [0.2, 0.25) is 0 Å². The summed E-state index contributed by atoms with van der Waals surface area (Å²) in [4.78, 5) is 31.9. The fourth-order valence-electron chi connectivity index (χ4n) is 3.85. The number of ketones is 1. The Kier molecular flexibility index (Phi) is 3.98. The molecule has 1 unspecified atom stereocenters. The van der Waals surface area contributed by atoms with Crippen molar-refractivity contribution in [1.29, 1.82) is 0 Å². The molecule has 2 aliphatic heterocycles. The first-order valence-corrected chi connectivity index (χ1v) is 8.58. The van der Waals surface area contributed by atoms with Crippen molar-refractivity contribution in [3.05, 3.63) is 36.0 Å². The number of urea groups is 1. The number of hydrogen-bond donors (Lipinski definition) is 2. The largest absolute Gasteiger partial charge is 0.360 e. The van der Waals surface area contributed by atoms with Crippen LogP contribution in [0.2, 0.25) is 0 Å². The van der Waals surface area contributed by atoms with Crippen LogP contribution in [0.4, 0.5) is 4.79 Å². The number of nitrogens with zero attached hydrogens (tertiary/aromatic N) is 2. The van der Waals surface area contributed by atoms with Crippen LogP contribution >= 0.6 is 0 Å². The molecule has 24 heavy (non-hydrogen) atoms. The number of carbonyl (C=O) groups is 2. The molecule has 2 N–H and O–H groups in total. The quantitative estimate of drug-likeness (QED) is 0.843. The van der Waals surface area contributed by atoms with Crippen molar-refractivity contribution in [2.45, 2.75) is 18.9 Å². The Morgan fingerprint density at radius 1 is 1.25 bits per heavy atom. The van der Waals surface area contributed by atoms with E-state index in [1.54, 1.807) is 0 Å². The summed E-state index contributed by atoms with van der Waals surface area (Å²) in [5.74, 6) is 0.138. The van der Waals surface area contributed by atoms with Crippen LogP contribution in [-0.2, 0) is 0 Å². The zero-order chi connectivity index (χ0) is 16.5. The summed E-state index contributed by atoms with van der Waals surface area (Å²) >= 11 is 0. The first-order valence-electron chi connectivity index (χ1n) is 8.58. The van der Waals surface area contributed by atoms with E-state index in [-0.39, 0.29) is 17.9 Å². The van der Waals surface area contributed by atoms with Crippen LogP contribution in [0.25, 0.3) is 10.9 Å². The maximum atomic E-state index is 12.7. The third-order valence-corrected chi connectivity index (χ3v) is 5.07. The Morgan fingerprint density at radius 3 is 2.96 bits per heavy atom. The second-order valence-electron chi connectivity index (χ2n) is 6.63. The number of fused-ring (bicyclic) bond motifs is 1. The number of carbonyl (C=O) groups excluding carboxylic acids is 2. The lowest BCUT2D eigenvalue weighted by molar-refractivity contribution is 0.0855. The molecule has 2 fully saturated rings. The molecule has 1 aromatic heterocycles. The molecular formula is C18H22N4O2. The van der Waals surface area contributed by atoms with Crippen LogP contribution in [0.15, 0.2) is 30.5 Å². The van der Waals surface area contributed by atoms with Crippen molar-refractivity contribution in [1.82, 2.24) is 20.1 Å². The molecule has 4 rings (SSSR count). The number of nitrogens with one attached hydrogen (secondary N) is 2. The molecule has 0 aliphatic carbocycles. The van der Waals surface area contributed by atoms with Crippen molar-refractivity contribution in [3.8, 4) is 0 Å². The summed E-state index contributed by atoms with van der Waals surface area (Å²) < 4.78 is 0. The van der Waals surface area contributed by atoms with E-state index in [0.29, 0.717) is 6.54 Å². The van der Waals surface area contributed by atoms with Crippen molar-refractivity contribution in [3.63, 3.8) is 0 Å². The third kappa shape index (κ3) is 2.78. The van der Waals surface area contributed by atoms with Gasteiger partial charge in [-0.1, -0.05) is 18.2 Å². The van der Waals surface area contributed by atoms with Gasteiger partial charge in [-0.25, -0.2) is 4.79 Å². The van der Waals surface area contributed by atoms with Gasteiger partial charge in [0, 0.05) is 48.3 Å². The van der Waals surface area contributed by atoms with E-state index in [2.05, 4.69) is 15.2 Å². The SMILES string of the molecule is O=C(CN1CCCC(N2CCNC2=O)C1)c1c[nH]c2ccccc12. The lowest BCUT2D eigenvalue weighted by Gasteiger charge is -2.36. The van der Waals surface area contributed by atoms with Crippen molar-refractivity contribution in [2.75, 3.05) is 32.7 Å². The highest BCUT2D eigenvalue weighted by atomic mass is 16.2. The molecular weight excluding hydrogens is 304 g/mol. The first-order chi connectivity index (χ1) is 11.7. The minimum absolute atomic E-state index is 0.0322. The van der Waals surface area contributed by atoms with Gasteiger partial charge in [0.1, 0.15) is 0 Å². The zero-order valence-corrected chi connectivity index (χ0v) is 13.6. The first kappa shape index (κ1) is 15.2. The average molecular weight is 326 g/mol. The number of hydrogen-bond acceptors (Lipinski definition) is 3. The van der Waals surface area contributed by atoms with Gasteiger partial charge in [-0.2, -0.15) is 0 Å². The Balaban J connectivity index is 1.44. The van der Waals surface area contributed by atoms with Gasteiger partial charge < -0.3 is 15.2 Å². The summed E-state index contributed by atoms with van der Waals surface area (Å²) in [7, 11) is 0. The standard InChI is InChI=1S/C18H22N4O2/c23-17(15-10-20-16-6-2-1-5-14(15)16)12-21-8-3-4-13(11-21)22-9-7-19-18(22)24/h1-2,5-6,10,13,20H,3-4,7-9,11-12H2,(H,19,24). The lowest BCUT2D eigenvalue weighted by atomic mass is 10.0. The zero-order valence-electron chi connectivity index (χ0n) is 13.6. The topological polar surface area (TPSA) is 68.4 Å². The van der Waals surface area contributed by atoms with Crippen LogP contribution in [0.3, 0.4) is 0 Å². The number of rotatable bonds is 4. The van der Waals surface area contributed by atoms with Crippen molar-refractivity contribution in [2.24, 2.45) is 0 Å². The van der Waals surface area contributed by atoms with Gasteiger partial charge in [0.25, 0.3) is 0 Å². The highest BCUT2D eigenvalue weighted by molar-refractivity contribution is 6.08. The summed E-state index contributed by atoms with van der Waals surface area (Å²) in [6.07, 6.45) is 3.85. The van der Waals surface area contributed by atoms with Crippen LogP contribution in [0.5, 0.6) is 0 Å². The highest BCUT2D eigenvalue weighted by Crippen LogP contribution is 2.21. The van der Waals surface area contributed by atoms with Gasteiger partial charge >= 0.3 is 6.03 Å². The van der Waals surface area contributed by atoms with Gasteiger partial charge in [-0.3, -0.25) is 9.69 Å². The van der Waals surface area contributed by atoms with Gasteiger partial charge in [0.05, 0.1) is 6.54 Å². The van der Waals surface area contributed by atoms with Gasteiger partial charge in [-0.15, -0.1) is 0 Å². The fraction of sp³-hybridized carbons (Fsp3) is 0.444. The Hall–Kier alpha value is -2.34. The predicted molar refractivity (Wildman–Crippen MR) is 92.2 cm³/mol. The molecule has 126 valence electrons. The number of H-pyrrole nitrogens is 1. The molecule has 0 saturated carbocycles. The van der Waals surface area contributed by atoms with E-state index in [1.807, 2.05) is 35.4 Å². The van der Waals surface area contributed by atoms with E-state index >= 15 is 0 Å². The number of para-hydroxylation sites is 1. The minimum Gasteiger partial charge on any atom is -0.360 e. The van der Waals surface area contributed by atoms with Crippen molar-refractivity contribution >= 4 is 22.7 Å². The summed E-state index contributed by atoms with van der Waals surface area (Å²) in [5.41, 5.74) is 1.75. The molecule has 0 bridgehead atoms.